The highest BCUT2D eigenvalue weighted by molar-refractivity contribution is 5.70. The van der Waals surface area contributed by atoms with Crippen LogP contribution in [0.5, 0.6) is 11.5 Å². The molecular formula is C21H23F2N5O4. The molecule has 1 aliphatic rings. The number of H-pyrrole nitrogens is 1. The van der Waals surface area contributed by atoms with Gasteiger partial charge in [-0.1, -0.05) is 0 Å². The van der Waals surface area contributed by atoms with Gasteiger partial charge in [-0.25, -0.2) is 8.78 Å². The number of aromatic amines is 1. The van der Waals surface area contributed by atoms with Crippen molar-refractivity contribution in [3.05, 3.63) is 50.8 Å². The van der Waals surface area contributed by atoms with Crippen LogP contribution < -0.4 is 9.47 Å². The molecule has 1 atom stereocenters. The number of methoxy groups -OCH3 is 2. The second-order valence-corrected chi connectivity index (χ2v) is 7.58. The number of aryl methyl sites for hydroxylation is 2. The number of aromatic nitrogens is 4. The number of ether oxygens (including phenoxy) is 2. The number of hydrogen-bond donors (Lipinski definition) is 1. The van der Waals surface area contributed by atoms with E-state index < -0.39 is 22.5 Å². The maximum atomic E-state index is 15.0. The van der Waals surface area contributed by atoms with Crippen LogP contribution in [0.15, 0.2) is 12.3 Å². The van der Waals surface area contributed by atoms with Crippen molar-refractivity contribution in [2.45, 2.75) is 45.1 Å². The fourth-order valence-corrected chi connectivity index (χ4v) is 4.40. The summed E-state index contributed by atoms with van der Waals surface area (Å²) in [5, 5.41) is 22.9. The van der Waals surface area contributed by atoms with E-state index in [1.165, 1.54) is 31.2 Å². The molecule has 0 spiro atoms. The third-order valence-electron chi connectivity index (χ3n) is 5.99. The van der Waals surface area contributed by atoms with E-state index in [0.717, 1.165) is 11.3 Å². The Morgan fingerprint density at radius 1 is 1.22 bits per heavy atom. The van der Waals surface area contributed by atoms with Crippen molar-refractivity contribution in [2.24, 2.45) is 0 Å². The molecule has 32 heavy (non-hydrogen) atoms. The van der Waals surface area contributed by atoms with Gasteiger partial charge in [0.05, 0.1) is 19.1 Å². The average molecular weight is 447 g/mol. The van der Waals surface area contributed by atoms with Crippen LogP contribution in [0.1, 0.15) is 42.5 Å². The summed E-state index contributed by atoms with van der Waals surface area (Å²) < 4.78 is 41.7. The zero-order valence-electron chi connectivity index (χ0n) is 17.9. The third kappa shape index (κ3) is 3.47. The van der Waals surface area contributed by atoms with Crippen LogP contribution in [0, 0.1) is 21.7 Å². The lowest BCUT2D eigenvalue weighted by molar-refractivity contribution is -0.384. The fourth-order valence-electron chi connectivity index (χ4n) is 4.40. The van der Waals surface area contributed by atoms with E-state index in [4.69, 9.17) is 9.47 Å². The van der Waals surface area contributed by atoms with Crippen molar-refractivity contribution < 1.29 is 23.2 Å². The van der Waals surface area contributed by atoms with Gasteiger partial charge in [0.15, 0.2) is 28.8 Å². The molecule has 2 heterocycles. The molecule has 0 saturated carbocycles. The van der Waals surface area contributed by atoms with E-state index in [2.05, 4.69) is 15.3 Å². The lowest BCUT2D eigenvalue weighted by Gasteiger charge is -2.19. The summed E-state index contributed by atoms with van der Waals surface area (Å²) in [6.45, 7) is 2.27. The molecule has 1 unspecified atom stereocenters. The van der Waals surface area contributed by atoms with Gasteiger partial charge in [0, 0.05) is 29.4 Å². The Hall–Kier alpha value is -3.50. The molecule has 0 radical (unpaired) electrons. The lowest BCUT2D eigenvalue weighted by atomic mass is 9.89. The molecule has 0 amide bonds. The first-order valence-electron chi connectivity index (χ1n) is 10.3. The first-order valence-corrected chi connectivity index (χ1v) is 10.3. The number of nitrogens with one attached hydrogen (secondary N) is 1. The summed E-state index contributed by atoms with van der Waals surface area (Å²) in [5.41, 5.74) is 2.20. The van der Waals surface area contributed by atoms with Crippen LogP contribution >= 0.6 is 0 Å². The van der Waals surface area contributed by atoms with Gasteiger partial charge in [0.1, 0.15) is 11.9 Å². The van der Waals surface area contributed by atoms with Crippen LogP contribution in [0.4, 0.5) is 14.5 Å². The standard InChI is InChI=1S/C21H23F2N5O4/c1-4-27-21(14(10-24-27)28(29)30)20-12-7-5-11(6-8-13(12)25-26-20)17-18(22)15(31-2)9-16(32-3)19(17)23/h9-11H,4-8H2,1-3H3,(H,25,26). The Morgan fingerprint density at radius 3 is 2.47 bits per heavy atom. The molecule has 0 bridgehead atoms. The number of nitro groups is 1. The molecule has 9 nitrogen and oxygen atoms in total. The minimum atomic E-state index is -0.737. The topological polar surface area (TPSA) is 108 Å². The predicted molar refractivity (Wildman–Crippen MR) is 111 cm³/mol. The lowest BCUT2D eigenvalue weighted by Crippen LogP contribution is -2.09. The van der Waals surface area contributed by atoms with E-state index in [1.54, 1.807) is 0 Å². The first-order chi connectivity index (χ1) is 15.4. The summed E-state index contributed by atoms with van der Waals surface area (Å²) in [7, 11) is 2.64. The van der Waals surface area contributed by atoms with Crippen LogP contribution in [0.3, 0.4) is 0 Å². The molecule has 1 aliphatic carbocycles. The van der Waals surface area contributed by atoms with Gasteiger partial charge in [-0.05, 0) is 38.5 Å². The van der Waals surface area contributed by atoms with Gasteiger partial charge in [-0.2, -0.15) is 10.2 Å². The molecule has 0 fully saturated rings. The van der Waals surface area contributed by atoms with E-state index >= 15 is 8.78 Å². The molecule has 2 aromatic heterocycles. The van der Waals surface area contributed by atoms with Crippen LogP contribution in [0.25, 0.3) is 11.4 Å². The number of benzene rings is 1. The minimum absolute atomic E-state index is 0.0644. The van der Waals surface area contributed by atoms with E-state index in [9.17, 15) is 10.1 Å². The molecule has 170 valence electrons. The van der Waals surface area contributed by atoms with Crippen molar-refractivity contribution in [3.8, 4) is 22.9 Å². The van der Waals surface area contributed by atoms with Gasteiger partial charge in [-0.15, -0.1) is 0 Å². The molecule has 3 aromatic rings. The monoisotopic (exact) mass is 447 g/mol. The Balaban J connectivity index is 1.73. The van der Waals surface area contributed by atoms with E-state index in [-0.39, 0.29) is 22.7 Å². The Labute approximate surface area is 182 Å². The van der Waals surface area contributed by atoms with Gasteiger partial charge in [0.25, 0.3) is 0 Å². The molecule has 11 heteroatoms. The van der Waals surface area contributed by atoms with Crippen molar-refractivity contribution in [3.63, 3.8) is 0 Å². The molecule has 4 rings (SSSR count). The second-order valence-electron chi connectivity index (χ2n) is 7.58. The van der Waals surface area contributed by atoms with Gasteiger partial charge in [0.2, 0.25) is 0 Å². The van der Waals surface area contributed by atoms with E-state index in [0.29, 0.717) is 43.6 Å². The normalized spacial score (nSPS) is 15.8. The minimum Gasteiger partial charge on any atom is -0.494 e. The summed E-state index contributed by atoms with van der Waals surface area (Å²) in [6, 6.07) is 1.19. The smallest absolute Gasteiger partial charge is 0.316 e. The van der Waals surface area contributed by atoms with Crippen LogP contribution in [0.2, 0.25) is 0 Å². The van der Waals surface area contributed by atoms with Crippen molar-refractivity contribution in [1.29, 1.82) is 0 Å². The van der Waals surface area contributed by atoms with Gasteiger partial charge < -0.3 is 9.47 Å². The molecule has 1 aromatic carbocycles. The maximum absolute atomic E-state index is 15.0. The van der Waals surface area contributed by atoms with Crippen LogP contribution in [-0.4, -0.2) is 39.1 Å². The van der Waals surface area contributed by atoms with Gasteiger partial charge in [-0.3, -0.25) is 19.9 Å². The zero-order valence-corrected chi connectivity index (χ0v) is 17.9. The highest BCUT2D eigenvalue weighted by Gasteiger charge is 2.32. The molecule has 0 aliphatic heterocycles. The largest absolute Gasteiger partial charge is 0.494 e. The summed E-state index contributed by atoms with van der Waals surface area (Å²) >= 11 is 0. The number of hydrogen-bond acceptors (Lipinski definition) is 6. The summed E-state index contributed by atoms with van der Waals surface area (Å²) in [5.74, 6) is -2.06. The molecule has 0 saturated heterocycles. The number of halogens is 2. The zero-order chi connectivity index (χ0) is 23.0. The quantitative estimate of drug-likeness (QED) is 0.345. The Kier molecular flexibility index (Phi) is 5.81. The van der Waals surface area contributed by atoms with E-state index in [1.807, 2.05) is 6.92 Å². The van der Waals surface area contributed by atoms with Crippen molar-refractivity contribution in [2.75, 3.05) is 14.2 Å². The third-order valence-corrected chi connectivity index (χ3v) is 5.99. The Morgan fingerprint density at radius 2 is 1.88 bits per heavy atom. The molecular weight excluding hydrogens is 424 g/mol. The van der Waals surface area contributed by atoms with Crippen molar-refractivity contribution in [1.82, 2.24) is 20.0 Å². The van der Waals surface area contributed by atoms with Crippen molar-refractivity contribution >= 4 is 5.69 Å². The predicted octanol–water partition coefficient (Wildman–Crippen LogP) is 4.16. The highest BCUT2D eigenvalue weighted by Crippen LogP contribution is 2.42. The number of nitrogens with zero attached hydrogens (tertiary/aromatic N) is 4. The SMILES string of the molecule is CCn1ncc([N+](=O)[O-])c1-c1n[nH]c2c1CCC(c1c(F)c(OC)cc(OC)c1F)CC2. The molecule has 1 N–H and O–H groups in total. The highest BCUT2D eigenvalue weighted by atomic mass is 19.1. The summed E-state index contributed by atoms with van der Waals surface area (Å²) in [4.78, 5) is 11.0. The van der Waals surface area contributed by atoms with Crippen LogP contribution in [-0.2, 0) is 19.4 Å². The number of fused-ring (bicyclic) bond motifs is 1. The Bertz CT molecular complexity index is 1150. The fraction of sp³-hybridized carbons (Fsp3) is 0.429. The summed E-state index contributed by atoms with van der Waals surface area (Å²) in [6.07, 6.45) is 3.04. The average Bonchev–Trinajstić information content (AvgIpc) is 3.33. The maximum Gasteiger partial charge on any atom is 0.316 e. The second kappa shape index (κ2) is 8.56. The van der Waals surface area contributed by atoms with Gasteiger partial charge >= 0.3 is 5.69 Å². The number of rotatable bonds is 6. The first kappa shape index (κ1) is 21.7.